The van der Waals surface area contributed by atoms with Gasteiger partial charge in [-0.3, -0.25) is 9.48 Å². The van der Waals surface area contributed by atoms with Crippen LogP contribution in [-0.4, -0.2) is 35.4 Å². The Hall–Kier alpha value is -2.38. The van der Waals surface area contributed by atoms with Crippen molar-refractivity contribution in [3.63, 3.8) is 0 Å². The Balaban J connectivity index is 1.55. The minimum atomic E-state index is -0.253. The third-order valence-electron chi connectivity index (χ3n) is 5.06. The summed E-state index contributed by atoms with van der Waals surface area (Å²) in [5.74, 6) is 1.04. The number of halogens is 1. The van der Waals surface area contributed by atoms with Crippen molar-refractivity contribution in [3.05, 3.63) is 58.2 Å². The van der Waals surface area contributed by atoms with Gasteiger partial charge in [0.2, 0.25) is 0 Å². The third-order valence-corrected chi connectivity index (χ3v) is 5.56. The zero-order chi connectivity index (χ0) is 20.2. The second-order valence-corrected chi connectivity index (χ2v) is 8.11. The number of carbonyl (C=O) groups excluding carboxylic acids is 1. The maximum atomic E-state index is 11.9. The van der Waals surface area contributed by atoms with E-state index in [4.69, 9.17) is 14.6 Å². The molecular formula is C22H24BrN3O3. The molecule has 4 rings (SSSR count). The molecule has 0 aliphatic carbocycles. The van der Waals surface area contributed by atoms with Gasteiger partial charge in [-0.05, 0) is 31.2 Å². The molecular weight excluding hydrogens is 434 g/mol. The van der Waals surface area contributed by atoms with Gasteiger partial charge in [0, 0.05) is 41.0 Å². The number of hydrogen-bond donors (Lipinski definition) is 1. The highest BCUT2D eigenvalue weighted by Gasteiger charge is 2.20. The van der Waals surface area contributed by atoms with Crippen molar-refractivity contribution in [3.8, 4) is 5.75 Å². The molecule has 3 aromatic rings. The summed E-state index contributed by atoms with van der Waals surface area (Å²) in [6, 6.07) is 13.8. The SMILES string of the molecule is CCOC(=O)Cc1ccccc1OCc1nn(CC2CNC2)c2ccc(Br)cc12. The summed E-state index contributed by atoms with van der Waals surface area (Å²) in [4.78, 5) is 11.9. The van der Waals surface area contributed by atoms with Crippen LogP contribution in [0.1, 0.15) is 18.2 Å². The Morgan fingerprint density at radius 1 is 1.28 bits per heavy atom. The second-order valence-electron chi connectivity index (χ2n) is 7.19. The Bertz CT molecular complexity index is 1010. The lowest BCUT2D eigenvalue weighted by atomic mass is 10.0. The monoisotopic (exact) mass is 457 g/mol. The molecule has 1 aromatic heterocycles. The molecule has 1 saturated heterocycles. The fraction of sp³-hybridized carbons (Fsp3) is 0.364. The molecule has 1 fully saturated rings. The molecule has 0 unspecified atom stereocenters. The van der Waals surface area contributed by atoms with Gasteiger partial charge in [-0.2, -0.15) is 5.10 Å². The predicted molar refractivity (Wildman–Crippen MR) is 115 cm³/mol. The number of hydrogen-bond acceptors (Lipinski definition) is 5. The molecule has 0 amide bonds. The average molecular weight is 458 g/mol. The largest absolute Gasteiger partial charge is 0.487 e. The average Bonchev–Trinajstić information content (AvgIpc) is 3.01. The van der Waals surface area contributed by atoms with Gasteiger partial charge < -0.3 is 14.8 Å². The molecule has 29 heavy (non-hydrogen) atoms. The number of nitrogens with one attached hydrogen (secondary N) is 1. The molecule has 1 N–H and O–H groups in total. The van der Waals surface area contributed by atoms with Gasteiger partial charge in [0.25, 0.3) is 0 Å². The van der Waals surface area contributed by atoms with E-state index in [0.29, 0.717) is 24.9 Å². The molecule has 0 radical (unpaired) electrons. The van der Waals surface area contributed by atoms with Crippen LogP contribution < -0.4 is 10.1 Å². The van der Waals surface area contributed by atoms with Crippen molar-refractivity contribution in [2.45, 2.75) is 26.5 Å². The fourth-order valence-corrected chi connectivity index (χ4v) is 3.85. The lowest BCUT2D eigenvalue weighted by Gasteiger charge is -2.27. The quantitative estimate of drug-likeness (QED) is 0.522. The lowest BCUT2D eigenvalue weighted by Crippen LogP contribution is -2.44. The molecule has 0 bridgehead atoms. The smallest absolute Gasteiger partial charge is 0.310 e. The molecule has 1 aliphatic rings. The highest BCUT2D eigenvalue weighted by molar-refractivity contribution is 9.10. The molecule has 1 aliphatic heterocycles. The normalized spacial score (nSPS) is 14.0. The zero-order valence-electron chi connectivity index (χ0n) is 16.4. The van der Waals surface area contributed by atoms with Crippen LogP contribution in [0.5, 0.6) is 5.75 Å². The van der Waals surface area contributed by atoms with Crippen LogP contribution in [0.15, 0.2) is 46.9 Å². The summed E-state index contributed by atoms with van der Waals surface area (Å²) in [6.07, 6.45) is 0.194. The number of fused-ring (bicyclic) bond motifs is 1. The van der Waals surface area contributed by atoms with Gasteiger partial charge in [-0.15, -0.1) is 0 Å². The van der Waals surface area contributed by atoms with E-state index < -0.39 is 0 Å². The van der Waals surface area contributed by atoms with Gasteiger partial charge in [0.15, 0.2) is 0 Å². The maximum absolute atomic E-state index is 11.9. The summed E-state index contributed by atoms with van der Waals surface area (Å²) < 4.78 is 14.3. The van der Waals surface area contributed by atoms with E-state index in [2.05, 4.69) is 38.1 Å². The van der Waals surface area contributed by atoms with E-state index in [0.717, 1.165) is 46.3 Å². The maximum Gasteiger partial charge on any atom is 0.310 e. The molecule has 0 spiro atoms. The van der Waals surface area contributed by atoms with E-state index >= 15 is 0 Å². The summed E-state index contributed by atoms with van der Waals surface area (Å²) in [5.41, 5.74) is 2.81. The number of ether oxygens (including phenoxy) is 2. The number of rotatable bonds is 8. The first-order valence-corrected chi connectivity index (χ1v) is 10.7. The highest BCUT2D eigenvalue weighted by atomic mass is 79.9. The van der Waals surface area contributed by atoms with Crippen LogP contribution in [0, 0.1) is 5.92 Å². The van der Waals surface area contributed by atoms with Crippen molar-refractivity contribution in [1.82, 2.24) is 15.1 Å². The van der Waals surface area contributed by atoms with Crippen LogP contribution in [0.4, 0.5) is 0 Å². The topological polar surface area (TPSA) is 65.4 Å². The number of benzene rings is 2. The van der Waals surface area contributed by atoms with Crippen LogP contribution in [-0.2, 0) is 29.1 Å². The standard InChI is InChI=1S/C22H24BrN3O3/c1-2-28-22(27)9-16-5-3-4-6-21(16)29-14-19-18-10-17(23)7-8-20(18)26(25-19)13-15-11-24-12-15/h3-8,10,15,24H,2,9,11-14H2,1H3. The first-order chi connectivity index (χ1) is 14.1. The summed E-state index contributed by atoms with van der Waals surface area (Å²) in [6.45, 7) is 5.47. The van der Waals surface area contributed by atoms with Crippen molar-refractivity contribution in [2.75, 3.05) is 19.7 Å². The highest BCUT2D eigenvalue weighted by Crippen LogP contribution is 2.26. The molecule has 6 nitrogen and oxygen atoms in total. The van der Waals surface area contributed by atoms with Gasteiger partial charge in [-0.1, -0.05) is 34.1 Å². The Morgan fingerprint density at radius 3 is 2.86 bits per heavy atom. The molecule has 2 heterocycles. The van der Waals surface area contributed by atoms with Gasteiger partial charge in [0.05, 0.1) is 18.5 Å². The molecule has 152 valence electrons. The second kappa shape index (κ2) is 8.97. The Labute approximate surface area is 178 Å². The number of aromatic nitrogens is 2. The summed E-state index contributed by atoms with van der Waals surface area (Å²) in [7, 11) is 0. The minimum Gasteiger partial charge on any atom is -0.487 e. The lowest BCUT2D eigenvalue weighted by molar-refractivity contribution is -0.142. The van der Waals surface area contributed by atoms with Gasteiger partial charge >= 0.3 is 5.97 Å². The van der Waals surface area contributed by atoms with E-state index in [1.54, 1.807) is 6.92 Å². The van der Waals surface area contributed by atoms with E-state index in [-0.39, 0.29) is 12.4 Å². The Morgan fingerprint density at radius 2 is 2.10 bits per heavy atom. The van der Waals surface area contributed by atoms with Crippen LogP contribution in [0.25, 0.3) is 10.9 Å². The van der Waals surface area contributed by atoms with Crippen molar-refractivity contribution < 1.29 is 14.3 Å². The van der Waals surface area contributed by atoms with Gasteiger partial charge in [-0.25, -0.2) is 0 Å². The van der Waals surface area contributed by atoms with Crippen molar-refractivity contribution in [2.24, 2.45) is 5.92 Å². The first kappa shape index (κ1) is 19.9. The van der Waals surface area contributed by atoms with E-state index in [1.165, 1.54) is 0 Å². The minimum absolute atomic E-state index is 0.194. The fourth-order valence-electron chi connectivity index (χ4n) is 3.49. The molecule has 2 aromatic carbocycles. The van der Waals surface area contributed by atoms with E-state index in [1.807, 2.05) is 30.3 Å². The van der Waals surface area contributed by atoms with Crippen LogP contribution in [0.3, 0.4) is 0 Å². The third kappa shape index (κ3) is 4.62. The zero-order valence-corrected chi connectivity index (χ0v) is 17.9. The van der Waals surface area contributed by atoms with E-state index in [9.17, 15) is 4.79 Å². The molecule has 0 saturated carbocycles. The number of esters is 1. The first-order valence-electron chi connectivity index (χ1n) is 9.86. The number of carbonyl (C=O) groups is 1. The number of nitrogens with zero attached hydrogens (tertiary/aromatic N) is 2. The Kier molecular flexibility index (Phi) is 6.16. The predicted octanol–water partition coefficient (Wildman–Crippen LogP) is 3.70. The van der Waals surface area contributed by atoms with Gasteiger partial charge in [0.1, 0.15) is 18.1 Å². The summed E-state index contributed by atoms with van der Waals surface area (Å²) >= 11 is 3.56. The number of para-hydroxylation sites is 1. The van der Waals surface area contributed by atoms with Crippen molar-refractivity contribution in [1.29, 1.82) is 0 Å². The van der Waals surface area contributed by atoms with Crippen LogP contribution in [0.2, 0.25) is 0 Å². The summed E-state index contributed by atoms with van der Waals surface area (Å²) in [5, 5.41) is 9.23. The molecule has 7 heteroatoms. The van der Waals surface area contributed by atoms with Crippen LogP contribution >= 0.6 is 15.9 Å². The molecule has 0 atom stereocenters. The van der Waals surface area contributed by atoms with Crippen molar-refractivity contribution >= 4 is 32.8 Å².